The number of carbonyl (C=O) groups is 2. The van der Waals surface area contributed by atoms with Crippen molar-refractivity contribution in [1.29, 1.82) is 0 Å². The van der Waals surface area contributed by atoms with E-state index in [0.29, 0.717) is 22.5 Å². The van der Waals surface area contributed by atoms with E-state index in [4.69, 9.17) is 0 Å². The van der Waals surface area contributed by atoms with Gasteiger partial charge in [0.2, 0.25) is 10.0 Å². The second kappa shape index (κ2) is 9.33. The Kier molecular flexibility index (Phi) is 6.76. The molecule has 32 heavy (non-hydrogen) atoms. The van der Waals surface area contributed by atoms with Crippen molar-refractivity contribution < 1.29 is 18.0 Å². The standard InChI is InChI=1S/C24H25N3O4S/c1-16-14-21(32(30,31)27(3)4)15-22(17(16)2)26-24(29)19-10-12-20(13-11-19)25-23(28)18-8-6-5-7-9-18/h5-15H,1-4H3,(H,25,28)(H,26,29). The number of nitrogens with zero attached hydrogens (tertiary/aromatic N) is 1. The Balaban J connectivity index is 1.78. The van der Waals surface area contributed by atoms with Gasteiger partial charge >= 0.3 is 0 Å². The highest BCUT2D eigenvalue weighted by molar-refractivity contribution is 7.89. The Morgan fingerprint density at radius 1 is 0.781 bits per heavy atom. The van der Waals surface area contributed by atoms with Gasteiger partial charge in [-0.25, -0.2) is 12.7 Å². The maximum absolute atomic E-state index is 12.8. The van der Waals surface area contributed by atoms with Crippen LogP contribution in [0.4, 0.5) is 11.4 Å². The van der Waals surface area contributed by atoms with E-state index in [2.05, 4.69) is 10.6 Å². The van der Waals surface area contributed by atoms with Crippen LogP contribution >= 0.6 is 0 Å². The van der Waals surface area contributed by atoms with Gasteiger partial charge in [0.05, 0.1) is 4.90 Å². The van der Waals surface area contributed by atoms with Crippen LogP contribution < -0.4 is 10.6 Å². The molecule has 3 aromatic rings. The van der Waals surface area contributed by atoms with Crippen molar-refractivity contribution in [1.82, 2.24) is 4.31 Å². The van der Waals surface area contributed by atoms with Crippen LogP contribution in [0.25, 0.3) is 0 Å². The molecule has 0 aromatic heterocycles. The Hall–Kier alpha value is -3.49. The summed E-state index contributed by atoms with van der Waals surface area (Å²) in [6.07, 6.45) is 0. The Bertz CT molecular complexity index is 1250. The third kappa shape index (κ3) is 5.04. The first-order chi connectivity index (χ1) is 15.1. The van der Waals surface area contributed by atoms with Gasteiger partial charge in [-0.1, -0.05) is 18.2 Å². The van der Waals surface area contributed by atoms with Gasteiger partial charge in [-0.2, -0.15) is 0 Å². The van der Waals surface area contributed by atoms with Crippen LogP contribution in [-0.2, 0) is 10.0 Å². The van der Waals surface area contributed by atoms with Gasteiger partial charge in [0.1, 0.15) is 0 Å². The number of nitrogens with one attached hydrogen (secondary N) is 2. The Morgan fingerprint density at radius 2 is 1.34 bits per heavy atom. The molecule has 0 aliphatic carbocycles. The monoisotopic (exact) mass is 451 g/mol. The molecule has 3 rings (SSSR count). The van der Waals surface area contributed by atoms with Gasteiger partial charge in [0.15, 0.2) is 0 Å². The number of hydrogen-bond donors (Lipinski definition) is 2. The van der Waals surface area contributed by atoms with Crippen molar-refractivity contribution in [2.24, 2.45) is 0 Å². The van der Waals surface area contributed by atoms with Gasteiger partial charge < -0.3 is 10.6 Å². The number of benzene rings is 3. The highest BCUT2D eigenvalue weighted by Crippen LogP contribution is 2.26. The second-order valence-electron chi connectivity index (χ2n) is 7.55. The minimum absolute atomic E-state index is 0.111. The second-order valence-corrected chi connectivity index (χ2v) is 9.70. The van der Waals surface area contributed by atoms with E-state index in [1.807, 2.05) is 13.0 Å². The third-order valence-corrected chi connectivity index (χ3v) is 6.90. The summed E-state index contributed by atoms with van der Waals surface area (Å²) in [4.78, 5) is 25.1. The van der Waals surface area contributed by atoms with Gasteiger partial charge in [0, 0.05) is 36.6 Å². The van der Waals surface area contributed by atoms with Crippen molar-refractivity contribution in [2.45, 2.75) is 18.7 Å². The zero-order chi connectivity index (χ0) is 23.5. The summed E-state index contributed by atoms with van der Waals surface area (Å²) in [6.45, 7) is 3.61. The van der Waals surface area contributed by atoms with Crippen LogP contribution in [0.2, 0.25) is 0 Å². The molecular weight excluding hydrogens is 426 g/mol. The zero-order valence-corrected chi connectivity index (χ0v) is 19.2. The van der Waals surface area contributed by atoms with Crippen LogP contribution in [-0.4, -0.2) is 38.6 Å². The summed E-state index contributed by atoms with van der Waals surface area (Å²) < 4.78 is 26.2. The summed E-state index contributed by atoms with van der Waals surface area (Å²) in [5.74, 6) is -0.624. The van der Waals surface area contributed by atoms with Crippen molar-refractivity contribution >= 4 is 33.2 Å². The molecule has 3 aromatic carbocycles. The average molecular weight is 452 g/mol. The summed E-state index contributed by atoms with van der Waals surface area (Å²) in [5.41, 5.74) is 3.43. The molecule has 2 amide bonds. The number of anilines is 2. The van der Waals surface area contributed by atoms with E-state index >= 15 is 0 Å². The number of rotatable bonds is 6. The molecule has 0 spiro atoms. The maximum Gasteiger partial charge on any atom is 0.255 e. The van der Waals surface area contributed by atoms with E-state index in [1.165, 1.54) is 20.2 Å². The number of carbonyl (C=O) groups excluding carboxylic acids is 2. The molecule has 0 aliphatic heterocycles. The topological polar surface area (TPSA) is 95.6 Å². The molecule has 0 heterocycles. The lowest BCUT2D eigenvalue weighted by Gasteiger charge is -2.16. The lowest BCUT2D eigenvalue weighted by atomic mass is 10.1. The molecule has 0 atom stereocenters. The third-order valence-electron chi connectivity index (χ3n) is 5.11. The fraction of sp³-hybridized carbons (Fsp3) is 0.167. The van der Waals surface area contributed by atoms with E-state index < -0.39 is 10.0 Å². The SMILES string of the molecule is Cc1cc(S(=O)(=O)N(C)C)cc(NC(=O)c2ccc(NC(=O)c3ccccc3)cc2)c1C. The first-order valence-corrected chi connectivity index (χ1v) is 11.3. The molecule has 0 saturated heterocycles. The normalized spacial score (nSPS) is 11.3. The Labute approximate surface area is 188 Å². The van der Waals surface area contributed by atoms with Crippen molar-refractivity contribution in [3.63, 3.8) is 0 Å². The fourth-order valence-electron chi connectivity index (χ4n) is 3.01. The Morgan fingerprint density at radius 3 is 1.94 bits per heavy atom. The molecule has 7 nitrogen and oxygen atoms in total. The highest BCUT2D eigenvalue weighted by atomic mass is 32.2. The smallest absolute Gasteiger partial charge is 0.255 e. The van der Waals surface area contributed by atoms with Crippen molar-refractivity contribution in [3.8, 4) is 0 Å². The number of aryl methyl sites for hydroxylation is 1. The van der Waals surface area contributed by atoms with E-state index in [9.17, 15) is 18.0 Å². The largest absolute Gasteiger partial charge is 0.322 e. The molecule has 0 fully saturated rings. The minimum atomic E-state index is -3.64. The van der Waals surface area contributed by atoms with E-state index in [1.54, 1.807) is 61.5 Å². The van der Waals surface area contributed by atoms with Crippen molar-refractivity contribution in [3.05, 3.63) is 89.0 Å². The van der Waals surface area contributed by atoms with Crippen molar-refractivity contribution in [2.75, 3.05) is 24.7 Å². The van der Waals surface area contributed by atoms with Crippen LogP contribution in [0.15, 0.2) is 71.6 Å². The molecule has 0 unspecified atom stereocenters. The lowest BCUT2D eigenvalue weighted by molar-refractivity contribution is 0.102. The molecule has 0 aliphatic rings. The van der Waals surface area contributed by atoms with Gasteiger partial charge in [0.25, 0.3) is 11.8 Å². The first-order valence-electron chi connectivity index (χ1n) is 9.91. The molecule has 8 heteroatoms. The molecule has 166 valence electrons. The average Bonchev–Trinajstić information content (AvgIpc) is 2.77. The van der Waals surface area contributed by atoms with Crippen LogP contribution in [0, 0.1) is 13.8 Å². The van der Waals surface area contributed by atoms with Crippen LogP contribution in [0.3, 0.4) is 0 Å². The molecular formula is C24H25N3O4S. The summed E-state index contributed by atoms with van der Waals surface area (Å²) in [7, 11) is -0.719. The molecule has 0 radical (unpaired) electrons. The predicted molar refractivity (Wildman–Crippen MR) is 126 cm³/mol. The van der Waals surface area contributed by atoms with E-state index in [0.717, 1.165) is 15.4 Å². The number of sulfonamides is 1. The molecule has 2 N–H and O–H groups in total. The van der Waals surface area contributed by atoms with Crippen LogP contribution in [0.5, 0.6) is 0 Å². The van der Waals surface area contributed by atoms with Gasteiger partial charge in [-0.3, -0.25) is 9.59 Å². The zero-order valence-electron chi connectivity index (χ0n) is 18.3. The molecule has 0 bridgehead atoms. The van der Waals surface area contributed by atoms with Crippen LogP contribution in [0.1, 0.15) is 31.8 Å². The highest BCUT2D eigenvalue weighted by Gasteiger charge is 2.20. The summed E-state index contributed by atoms with van der Waals surface area (Å²) in [6, 6.07) is 18.3. The predicted octanol–water partition coefficient (Wildman–Crippen LogP) is 4.06. The summed E-state index contributed by atoms with van der Waals surface area (Å²) >= 11 is 0. The number of amides is 2. The van der Waals surface area contributed by atoms with Gasteiger partial charge in [-0.15, -0.1) is 0 Å². The van der Waals surface area contributed by atoms with E-state index in [-0.39, 0.29) is 16.7 Å². The first kappa shape index (κ1) is 23.2. The fourth-order valence-corrected chi connectivity index (χ4v) is 4.02. The maximum atomic E-state index is 12.8. The van der Waals surface area contributed by atoms with Gasteiger partial charge in [-0.05, 0) is 73.5 Å². The number of hydrogen-bond acceptors (Lipinski definition) is 4. The molecule has 0 saturated carbocycles. The minimum Gasteiger partial charge on any atom is -0.322 e. The summed E-state index contributed by atoms with van der Waals surface area (Å²) in [5, 5.41) is 5.58. The lowest BCUT2D eigenvalue weighted by Crippen LogP contribution is -2.23. The quantitative estimate of drug-likeness (QED) is 0.591.